The number of hydrogen-bond acceptors (Lipinski definition) is 4. The van der Waals surface area contributed by atoms with Crippen LogP contribution in [0, 0.1) is 0 Å². The number of carbonyl (C=O) groups is 2. The maximum Gasteiger partial charge on any atom is 0.249 e. The third-order valence-corrected chi connectivity index (χ3v) is 5.06. The van der Waals surface area contributed by atoms with Crippen molar-refractivity contribution in [2.24, 2.45) is 0 Å². The van der Waals surface area contributed by atoms with Crippen molar-refractivity contribution in [3.63, 3.8) is 0 Å². The largest absolute Gasteiger partial charge is 0.369 e. The quantitative estimate of drug-likeness (QED) is 0.800. The number of nitrogens with zero attached hydrogens (tertiary/aromatic N) is 1. The van der Waals surface area contributed by atoms with Crippen LogP contribution in [0.2, 0.25) is 0 Å². The van der Waals surface area contributed by atoms with Crippen LogP contribution < -0.4 is 10.6 Å². The fraction of sp³-hybridized carbons (Fsp3) is 0.333. The summed E-state index contributed by atoms with van der Waals surface area (Å²) in [6, 6.07) is 15.4. The molecule has 2 aromatic rings. The first kappa shape index (κ1) is 20.3. The lowest BCUT2D eigenvalue weighted by Crippen LogP contribution is -2.55. The number of carbonyl (C=O) groups excluding carboxylic acids is 2. The molecule has 0 aromatic heterocycles. The van der Waals surface area contributed by atoms with E-state index in [1.165, 1.54) is 11.1 Å². The topological polar surface area (TPSA) is 70.7 Å². The molecule has 148 valence electrons. The summed E-state index contributed by atoms with van der Waals surface area (Å²) in [5.41, 5.74) is 4.65. The van der Waals surface area contributed by atoms with Crippen LogP contribution in [0.15, 0.2) is 48.5 Å². The maximum absolute atomic E-state index is 12.8. The van der Waals surface area contributed by atoms with Crippen LogP contribution >= 0.6 is 12.4 Å². The molecule has 0 radical (unpaired) electrons. The van der Waals surface area contributed by atoms with E-state index in [2.05, 4.69) is 22.8 Å². The molecular formula is C21H24ClN3O3. The van der Waals surface area contributed by atoms with Gasteiger partial charge in [-0.05, 0) is 22.3 Å². The molecule has 1 fully saturated rings. The van der Waals surface area contributed by atoms with Crippen molar-refractivity contribution in [1.29, 1.82) is 0 Å². The highest BCUT2D eigenvalue weighted by molar-refractivity contribution is 5.89. The van der Waals surface area contributed by atoms with Gasteiger partial charge in [-0.15, -0.1) is 12.4 Å². The van der Waals surface area contributed by atoms with Crippen molar-refractivity contribution in [2.45, 2.75) is 32.2 Å². The van der Waals surface area contributed by atoms with Crippen LogP contribution in [0.5, 0.6) is 0 Å². The number of rotatable bonds is 5. The van der Waals surface area contributed by atoms with E-state index < -0.39 is 6.04 Å². The summed E-state index contributed by atoms with van der Waals surface area (Å²) in [5.74, 6) is -0.341. The van der Waals surface area contributed by atoms with Gasteiger partial charge in [0, 0.05) is 26.2 Å². The molecule has 0 unspecified atom stereocenters. The minimum Gasteiger partial charge on any atom is -0.369 e. The van der Waals surface area contributed by atoms with Crippen LogP contribution in [0.4, 0.5) is 0 Å². The molecular weight excluding hydrogens is 378 g/mol. The first-order chi connectivity index (χ1) is 13.2. The van der Waals surface area contributed by atoms with Crippen LogP contribution in [-0.4, -0.2) is 36.0 Å². The molecule has 2 aromatic carbocycles. The van der Waals surface area contributed by atoms with Gasteiger partial charge in [0.1, 0.15) is 12.6 Å². The average Bonchev–Trinajstić information content (AvgIpc) is 3.16. The predicted octanol–water partition coefficient (Wildman–Crippen LogP) is 1.76. The summed E-state index contributed by atoms with van der Waals surface area (Å²) in [5, 5.41) is 6.28. The van der Waals surface area contributed by atoms with Gasteiger partial charge < -0.3 is 20.3 Å². The number of fused-ring (bicyclic) bond motifs is 1. The molecule has 0 aliphatic carbocycles. The Hall–Kier alpha value is -2.41. The minimum absolute atomic E-state index is 0. The number of amides is 2. The standard InChI is InChI=1S/C21H23N3O3.ClH/c25-20-14-27-13-19(24(20)12-15-4-2-1-3-5-15)21(26)23-9-16-6-7-17-10-22-11-18(17)8-16;/h1-8,19,22H,9-14H2,(H,23,26);1H/t19-;/m1./s1. The first-order valence-electron chi connectivity index (χ1n) is 9.21. The van der Waals surface area contributed by atoms with Gasteiger partial charge in [0.15, 0.2) is 0 Å². The Balaban J connectivity index is 0.00000225. The minimum atomic E-state index is -0.609. The van der Waals surface area contributed by atoms with Gasteiger partial charge in [0.2, 0.25) is 11.8 Å². The highest BCUT2D eigenvalue weighted by atomic mass is 35.5. The number of nitrogens with one attached hydrogen (secondary N) is 2. The van der Waals surface area contributed by atoms with E-state index in [0.29, 0.717) is 13.1 Å². The Labute approximate surface area is 170 Å². The summed E-state index contributed by atoms with van der Waals surface area (Å²) in [6.07, 6.45) is 0. The number of halogens is 1. The van der Waals surface area contributed by atoms with E-state index in [-0.39, 0.29) is 37.4 Å². The molecule has 1 atom stereocenters. The molecule has 6 nitrogen and oxygen atoms in total. The SMILES string of the molecule is Cl.O=C(NCc1ccc2c(c1)CNC2)[C@H]1COCC(=O)N1Cc1ccccc1. The highest BCUT2D eigenvalue weighted by Crippen LogP contribution is 2.18. The van der Waals surface area contributed by atoms with Gasteiger partial charge >= 0.3 is 0 Å². The lowest BCUT2D eigenvalue weighted by molar-refractivity contribution is -0.155. The highest BCUT2D eigenvalue weighted by Gasteiger charge is 2.33. The third kappa shape index (κ3) is 4.52. The first-order valence-corrected chi connectivity index (χ1v) is 9.21. The molecule has 2 aliphatic heterocycles. The van der Waals surface area contributed by atoms with Crippen LogP contribution in [0.1, 0.15) is 22.3 Å². The summed E-state index contributed by atoms with van der Waals surface area (Å²) in [7, 11) is 0. The van der Waals surface area contributed by atoms with E-state index in [1.807, 2.05) is 36.4 Å². The molecule has 28 heavy (non-hydrogen) atoms. The van der Waals surface area contributed by atoms with Gasteiger partial charge in [-0.1, -0.05) is 48.5 Å². The zero-order valence-electron chi connectivity index (χ0n) is 15.5. The van der Waals surface area contributed by atoms with Crippen molar-refractivity contribution in [1.82, 2.24) is 15.5 Å². The molecule has 4 rings (SSSR count). The molecule has 0 saturated carbocycles. The Bertz CT molecular complexity index is 844. The summed E-state index contributed by atoms with van der Waals surface area (Å²) >= 11 is 0. The lowest BCUT2D eigenvalue weighted by Gasteiger charge is -2.34. The van der Waals surface area contributed by atoms with Crippen LogP contribution in [0.3, 0.4) is 0 Å². The molecule has 7 heteroatoms. The summed E-state index contributed by atoms with van der Waals surface area (Å²) < 4.78 is 5.34. The molecule has 1 saturated heterocycles. The normalized spacial score (nSPS) is 18.4. The van der Waals surface area contributed by atoms with Gasteiger partial charge in [-0.2, -0.15) is 0 Å². The number of benzene rings is 2. The third-order valence-electron chi connectivity index (χ3n) is 5.06. The van der Waals surface area contributed by atoms with Gasteiger partial charge in [0.05, 0.1) is 6.61 Å². The monoisotopic (exact) mass is 401 g/mol. The Morgan fingerprint density at radius 3 is 2.71 bits per heavy atom. The fourth-order valence-corrected chi connectivity index (χ4v) is 3.57. The van der Waals surface area contributed by atoms with E-state index in [0.717, 1.165) is 24.2 Å². The zero-order valence-corrected chi connectivity index (χ0v) is 16.3. The summed E-state index contributed by atoms with van der Waals surface area (Å²) in [4.78, 5) is 26.7. The van der Waals surface area contributed by atoms with Gasteiger partial charge in [-0.25, -0.2) is 0 Å². The number of morpholine rings is 1. The molecule has 2 heterocycles. The zero-order chi connectivity index (χ0) is 18.6. The molecule has 2 aliphatic rings. The van der Waals surface area contributed by atoms with Gasteiger partial charge in [0.25, 0.3) is 0 Å². The molecule has 0 spiro atoms. The number of ether oxygens (including phenoxy) is 1. The van der Waals surface area contributed by atoms with Crippen molar-refractivity contribution in [3.8, 4) is 0 Å². The smallest absolute Gasteiger partial charge is 0.249 e. The average molecular weight is 402 g/mol. The Morgan fingerprint density at radius 2 is 1.89 bits per heavy atom. The maximum atomic E-state index is 12.8. The molecule has 0 bridgehead atoms. The van der Waals surface area contributed by atoms with Crippen molar-refractivity contribution >= 4 is 24.2 Å². The van der Waals surface area contributed by atoms with E-state index in [1.54, 1.807) is 4.90 Å². The van der Waals surface area contributed by atoms with E-state index >= 15 is 0 Å². The number of hydrogen-bond donors (Lipinski definition) is 2. The lowest BCUT2D eigenvalue weighted by atomic mass is 10.1. The second-order valence-corrected chi connectivity index (χ2v) is 6.96. The van der Waals surface area contributed by atoms with Crippen LogP contribution in [-0.2, 0) is 40.5 Å². The second-order valence-electron chi connectivity index (χ2n) is 6.96. The predicted molar refractivity (Wildman–Crippen MR) is 108 cm³/mol. The van der Waals surface area contributed by atoms with E-state index in [4.69, 9.17) is 4.74 Å². The van der Waals surface area contributed by atoms with Crippen molar-refractivity contribution in [2.75, 3.05) is 13.2 Å². The Morgan fingerprint density at radius 1 is 1.11 bits per heavy atom. The summed E-state index contributed by atoms with van der Waals surface area (Å²) in [6.45, 7) is 2.86. The molecule has 2 N–H and O–H groups in total. The Kier molecular flexibility index (Phi) is 6.67. The van der Waals surface area contributed by atoms with Gasteiger partial charge in [-0.3, -0.25) is 9.59 Å². The van der Waals surface area contributed by atoms with Crippen molar-refractivity contribution in [3.05, 3.63) is 70.8 Å². The second kappa shape index (κ2) is 9.19. The van der Waals surface area contributed by atoms with E-state index in [9.17, 15) is 9.59 Å². The van der Waals surface area contributed by atoms with Crippen LogP contribution in [0.25, 0.3) is 0 Å². The fourth-order valence-electron chi connectivity index (χ4n) is 3.57. The molecule has 2 amide bonds. The van der Waals surface area contributed by atoms with Crippen molar-refractivity contribution < 1.29 is 14.3 Å².